The molecule has 2 aromatic carbocycles. The Kier molecular flexibility index (Phi) is 6.88. The van der Waals surface area contributed by atoms with E-state index in [1.807, 2.05) is 30.3 Å². The van der Waals surface area contributed by atoms with Crippen LogP contribution in [0.25, 0.3) is 0 Å². The molecule has 0 aliphatic heterocycles. The van der Waals surface area contributed by atoms with E-state index in [-0.39, 0.29) is 11.3 Å². The van der Waals surface area contributed by atoms with Gasteiger partial charge in [-0.15, -0.1) is 0 Å². The van der Waals surface area contributed by atoms with Crippen molar-refractivity contribution in [3.63, 3.8) is 0 Å². The molecule has 2 aromatic rings. The van der Waals surface area contributed by atoms with Gasteiger partial charge in [-0.2, -0.15) is 5.26 Å². The first-order valence-corrected chi connectivity index (χ1v) is 8.43. The van der Waals surface area contributed by atoms with E-state index in [1.54, 1.807) is 0 Å². The smallest absolute Gasteiger partial charge is 0.269 e. The maximum atomic E-state index is 12.1. The summed E-state index contributed by atoms with van der Waals surface area (Å²) in [5, 5.41) is 25.2. The predicted molar refractivity (Wildman–Crippen MR) is 101 cm³/mol. The Bertz CT molecular complexity index is 873. The molecule has 0 radical (unpaired) electrons. The third-order valence-electron chi connectivity index (χ3n) is 3.39. The zero-order valence-corrected chi connectivity index (χ0v) is 15.2. The molecular weight excluding hydrogens is 400 g/mol. The average Bonchev–Trinajstić information content (AvgIpc) is 2.62. The number of nitro groups is 1. The zero-order chi connectivity index (χ0) is 18.9. The first-order chi connectivity index (χ1) is 12.5. The molecule has 8 heteroatoms. The molecule has 132 valence electrons. The largest absolute Gasteiger partial charge is 0.389 e. The van der Waals surface area contributed by atoms with Crippen molar-refractivity contribution in [2.24, 2.45) is 0 Å². The van der Waals surface area contributed by atoms with E-state index in [1.165, 1.54) is 30.5 Å². The SMILES string of the molecule is N#C/C(=C/NCCc1cccc(Br)c1)C(=O)Nc1ccc([N+](=O)[O-])cc1. The number of anilines is 1. The number of nitriles is 1. The molecule has 2 rings (SSSR count). The van der Waals surface area contributed by atoms with Gasteiger partial charge in [0.2, 0.25) is 0 Å². The summed E-state index contributed by atoms with van der Waals surface area (Å²) in [5.41, 5.74) is 1.33. The van der Waals surface area contributed by atoms with Gasteiger partial charge in [-0.1, -0.05) is 28.1 Å². The number of amides is 1. The molecule has 0 atom stereocenters. The number of nitrogens with one attached hydrogen (secondary N) is 2. The molecule has 0 aliphatic rings. The van der Waals surface area contributed by atoms with E-state index in [0.29, 0.717) is 12.2 Å². The predicted octanol–water partition coefficient (Wildman–Crippen LogP) is 3.54. The summed E-state index contributed by atoms with van der Waals surface area (Å²) >= 11 is 3.40. The summed E-state index contributed by atoms with van der Waals surface area (Å²) in [5.74, 6) is -0.587. The van der Waals surface area contributed by atoms with Crippen LogP contribution in [0.1, 0.15) is 5.56 Å². The number of hydrogen-bond donors (Lipinski definition) is 2. The van der Waals surface area contributed by atoms with Crippen molar-refractivity contribution < 1.29 is 9.72 Å². The highest BCUT2D eigenvalue weighted by Gasteiger charge is 2.10. The molecule has 0 unspecified atom stereocenters. The van der Waals surface area contributed by atoms with Gasteiger partial charge in [0.25, 0.3) is 11.6 Å². The monoisotopic (exact) mass is 414 g/mol. The van der Waals surface area contributed by atoms with E-state index < -0.39 is 10.8 Å². The average molecular weight is 415 g/mol. The van der Waals surface area contributed by atoms with Gasteiger partial charge in [0.05, 0.1) is 4.92 Å². The Balaban J connectivity index is 1.90. The van der Waals surface area contributed by atoms with Gasteiger partial charge in [0, 0.05) is 35.0 Å². The van der Waals surface area contributed by atoms with Gasteiger partial charge in [-0.25, -0.2) is 0 Å². The molecule has 0 bridgehead atoms. The van der Waals surface area contributed by atoms with Crippen LogP contribution in [0.15, 0.2) is 64.8 Å². The Morgan fingerprint density at radius 1 is 1.27 bits per heavy atom. The fourth-order valence-corrected chi connectivity index (χ4v) is 2.54. The van der Waals surface area contributed by atoms with Gasteiger partial charge in [0.15, 0.2) is 0 Å². The van der Waals surface area contributed by atoms with Crippen molar-refractivity contribution in [2.75, 3.05) is 11.9 Å². The second-order valence-corrected chi connectivity index (χ2v) is 6.18. The lowest BCUT2D eigenvalue weighted by Gasteiger charge is -2.05. The Morgan fingerprint density at radius 2 is 2.00 bits per heavy atom. The molecule has 0 spiro atoms. The van der Waals surface area contributed by atoms with Crippen LogP contribution in [0.5, 0.6) is 0 Å². The second-order valence-electron chi connectivity index (χ2n) is 5.26. The van der Waals surface area contributed by atoms with Crippen molar-refractivity contribution in [3.8, 4) is 6.07 Å². The molecule has 0 aliphatic carbocycles. The lowest BCUT2D eigenvalue weighted by Crippen LogP contribution is -2.18. The normalized spacial score (nSPS) is 10.7. The minimum atomic E-state index is -0.587. The van der Waals surface area contributed by atoms with Crippen LogP contribution in [-0.2, 0) is 11.2 Å². The molecule has 0 aromatic heterocycles. The third-order valence-corrected chi connectivity index (χ3v) is 3.89. The summed E-state index contributed by atoms with van der Waals surface area (Å²) in [6.45, 7) is 0.562. The van der Waals surface area contributed by atoms with Gasteiger partial charge < -0.3 is 10.6 Å². The molecule has 7 nitrogen and oxygen atoms in total. The molecule has 0 saturated carbocycles. The Labute approximate surface area is 158 Å². The number of halogens is 1. The first kappa shape index (κ1) is 19.1. The second kappa shape index (κ2) is 9.34. The number of carbonyl (C=O) groups is 1. The summed E-state index contributed by atoms with van der Waals surface area (Å²) < 4.78 is 0.991. The fraction of sp³-hybridized carbons (Fsp3) is 0.111. The van der Waals surface area contributed by atoms with Crippen LogP contribution in [0, 0.1) is 21.4 Å². The minimum Gasteiger partial charge on any atom is -0.389 e. The maximum absolute atomic E-state index is 12.1. The molecular formula is C18H15BrN4O3. The van der Waals surface area contributed by atoms with Crippen LogP contribution in [0.4, 0.5) is 11.4 Å². The van der Waals surface area contributed by atoms with E-state index >= 15 is 0 Å². The van der Waals surface area contributed by atoms with E-state index in [2.05, 4.69) is 26.6 Å². The summed E-state index contributed by atoms with van der Waals surface area (Å²) in [4.78, 5) is 22.2. The van der Waals surface area contributed by atoms with E-state index in [0.717, 1.165) is 16.5 Å². The van der Waals surface area contributed by atoms with Gasteiger partial charge in [0.1, 0.15) is 11.6 Å². The van der Waals surface area contributed by atoms with Gasteiger partial charge in [-0.05, 0) is 36.2 Å². The number of hydrogen-bond acceptors (Lipinski definition) is 5. The standard InChI is InChI=1S/C18H15BrN4O3/c19-15-3-1-2-13(10-15)8-9-21-12-14(11-20)18(24)22-16-4-6-17(7-5-16)23(25)26/h1-7,10,12,21H,8-9H2,(H,22,24)/b14-12-. The number of rotatable bonds is 7. The van der Waals surface area contributed by atoms with E-state index in [4.69, 9.17) is 5.26 Å². The Hall–Kier alpha value is -3.18. The van der Waals surface area contributed by atoms with Crippen LogP contribution in [0.2, 0.25) is 0 Å². The third kappa shape index (κ3) is 5.72. The quantitative estimate of drug-likeness (QED) is 0.237. The van der Waals surface area contributed by atoms with Crippen LogP contribution in [0.3, 0.4) is 0 Å². The van der Waals surface area contributed by atoms with Crippen molar-refractivity contribution in [2.45, 2.75) is 6.42 Å². The van der Waals surface area contributed by atoms with E-state index in [9.17, 15) is 14.9 Å². The van der Waals surface area contributed by atoms with Crippen LogP contribution < -0.4 is 10.6 Å². The molecule has 1 amide bonds. The minimum absolute atomic E-state index is 0.0757. The van der Waals surface area contributed by atoms with Crippen molar-refractivity contribution in [3.05, 3.63) is 80.5 Å². The lowest BCUT2D eigenvalue weighted by molar-refractivity contribution is -0.384. The highest BCUT2D eigenvalue weighted by Crippen LogP contribution is 2.16. The highest BCUT2D eigenvalue weighted by molar-refractivity contribution is 9.10. The Morgan fingerprint density at radius 3 is 2.62 bits per heavy atom. The number of nitrogens with zero attached hydrogens (tertiary/aromatic N) is 2. The fourth-order valence-electron chi connectivity index (χ4n) is 2.10. The van der Waals surface area contributed by atoms with Crippen LogP contribution >= 0.6 is 15.9 Å². The molecule has 0 heterocycles. The maximum Gasteiger partial charge on any atom is 0.269 e. The molecule has 0 saturated heterocycles. The lowest BCUT2D eigenvalue weighted by atomic mass is 10.1. The van der Waals surface area contributed by atoms with Crippen molar-refractivity contribution in [1.29, 1.82) is 5.26 Å². The molecule has 0 fully saturated rings. The molecule has 26 heavy (non-hydrogen) atoms. The number of benzene rings is 2. The van der Waals surface area contributed by atoms with Crippen molar-refractivity contribution in [1.82, 2.24) is 5.32 Å². The van der Waals surface area contributed by atoms with Gasteiger partial charge >= 0.3 is 0 Å². The zero-order valence-electron chi connectivity index (χ0n) is 13.6. The first-order valence-electron chi connectivity index (χ1n) is 7.63. The number of nitro benzene ring substituents is 1. The molecule has 2 N–H and O–H groups in total. The highest BCUT2D eigenvalue weighted by atomic mass is 79.9. The van der Waals surface area contributed by atoms with Crippen molar-refractivity contribution >= 4 is 33.2 Å². The topological polar surface area (TPSA) is 108 Å². The number of carbonyl (C=O) groups excluding carboxylic acids is 1. The number of non-ortho nitro benzene ring substituents is 1. The summed E-state index contributed by atoms with van der Waals surface area (Å²) in [7, 11) is 0. The summed E-state index contributed by atoms with van der Waals surface area (Å²) in [6, 6.07) is 15.1. The van der Waals surface area contributed by atoms with Gasteiger partial charge in [-0.3, -0.25) is 14.9 Å². The summed E-state index contributed by atoms with van der Waals surface area (Å²) in [6.07, 6.45) is 2.09. The van der Waals surface area contributed by atoms with Crippen LogP contribution in [-0.4, -0.2) is 17.4 Å².